The van der Waals surface area contributed by atoms with Crippen molar-refractivity contribution in [1.82, 2.24) is 0 Å². The van der Waals surface area contributed by atoms with Crippen molar-refractivity contribution in [3.8, 4) is 0 Å². The highest BCUT2D eigenvalue weighted by molar-refractivity contribution is 6.01. The van der Waals surface area contributed by atoms with Crippen molar-refractivity contribution in [3.63, 3.8) is 0 Å². The molecule has 2 aromatic rings. The summed E-state index contributed by atoms with van der Waals surface area (Å²) in [7, 11) is 0. The van der Waals surface area contributed by atoms with E-state index in [0.29, 0.717) is 5.56 Å². The molecule has 0 radical (unpaired) electrons. The molecule has 0 saturated carbocycles. The van der Waals surface area contributed by atoms with Crippen molar-refractivity contribution in [2.24, 2.45) is 0 Å². The molecule has 2 aromatic carbocycles. The fraction of sp³-hybridized carbons (Fsp3) is 0.238. The lowest BCUT2D eigenvalue weighted by atomic mass is 10.0. The van der Waals surface area contributed by atoms with E-state index in [9.17, 15) is 19.7 Å². The van der Waals surface area contributed by atoms with Gasteiger partial charge in [0.1, 0.15) is 0 Å². The number of esters is 1. The number of fused-ring (bicyclic) bond motifs is 1. The first kappa shape index (κ1) is 18.5. The third-order valence-electron chi connectivity index (χ3n) is 4.58. The standard InChI is InChI=1S/C21H19NO5/c1-14(21(24)18-10-9-15-6-4-7-17(15)13-18)27-20(23)12-11-16-5-2-3-8-19(16)22(25)26/h2-3,5,8-14H,4,6-7H2,1H3/b12-11+/t14-/m0/s1. The number of nitro benzene ring substituents is 1. The number of ether oxygens (including phenoxy) is 1. The first-order valence-corrected chi connectivity index (χ1v) is 8.74. The third-order valence-corrected chi connectivity index (χ3v) is 4.58. The zero-order valence-corrected chi connectivity index (χ0v) is 14.9. The van der Waals surface area contributed by atoms with E-state index in [1.54, 1.807) is 18.2 Å². The predicted molar refractivity (Wildman–Crippen MR) is 100 cm³/mol. The molecule has 0 N–H and O–H groups in total. The molecule has 0 heterocycles. The SMILES string of the molecule is C[C@H](OC(=O)/C=C/c1ccccc1[N+](=O)[O-])C(=O)c1ccc2c(c1)CCC2. The maximum Gasteiger partial charge on any atom is 0.331 e. The van der Waals surface area contributed by atoms with Crippen molar-refractivity contribution in [3.05, 3.63) is 80.9 Å². The smallest absolute Gasteiger partial charge is 0.331 e. The average Bonchev–Trinajstić information content (AvgIpc) is 3.13. The van der Waals surface area contributed by atoms with Gasteiger partial charge < -0.3 is 4.74 Å². The largest absolute Gasteiger partial charge is 0.451 e. The van der Waals surface area contributed by atoms with E-state index in [4.69, 9.17) is 4.74 Å². The van der Waals surface area contributed by atoms with Crippen LogP contribution < -0.4 is 0 Å². The van der Waals surface area contributed by atoms with E-state index in [2.05, 4.69) is 0 Å². The summed E-state index contributed by atoms with van der Waals surface area (Å²) in [5, 5.41) is 11.0. The van der Waals surface area contributed by atoms with Crippen LogP contribution in [0.4, 0.5) is 5.69 Å². The monoisotopic (exact) mass is 365 g/mol. The molecule has 6 nitrogen and oxygen atoms in total. The molecule has 0 aliphatic heterocycles. The van der Waals surface area contributed by atoms with Gasteiger partial charge in [-0.3, -0.25) is 14.9 Å². The van der Waals surface area contributed by atoms with Gasteiger partial charge in [0.15, 0.2) is 6.10 Å². The highest BCUT2D eigenvalue weighted by Crippen LogP contribution is 2.24. The van der Waals surface area contributed by atoms with Gasteiger partial charge in [-0.05, 0) is 55.5 Å². The third kappa shape index (κ3) is 4.28. The molecule has 0 aromatic heterocycles. The van der Waals surface area contributed by atoms with Crippen LogP contribution in [0.15, 0.2) is 48.5 Å². The van der Waals surface area contributed by atoms with Crippen molar-refractivity contribution in [2.75, 3.05) is 0 Å². The second kappa shape index (κ2) is 7.95. The molecule has 0 amide bonds. The zero-order chi connectivity index (χ0) is 19.4. The maximum absolute atomic E-state index is 12.5. The molecular formula is C21H19NO5. The van der Waals surface area contributed by atoms with Gasteiger partial charge in [-0.2, -0.15) is 0 Å². The fourth-order valence-electron chi connectivity index (χ4n) is 3.18. The predicted octanol–water partition coefficient (Wildman–Crippen LogP) is 3.91. The lowest BCUT2D eigenvalue weighted by molar-refractivity contribution is -0.385. The second-order valence-electron chi connectivity index (χ2n) is 6.43. The zero-order valence-electron chi connectivity index (χ0n) is 14.9. The van der Waals surface area contributed by atoms with Gasteiger partial charge in [-0.25, -0.2) is 4.79 Å². The number of ketones is 1. The number of nitro groups is 1. The molecule has 1 aliphatic carbocycles. The molecule has 0 unspecified atom stereocenters. The Hall–Kier alpha value is -3.28. The van der Waals surface area contributed by atoms with E-state index in [-0.39, 0.29) is 17.0 Å². The summed E-state index contributed by atoms with van der Waals surface area (Å²) in [5.74, 6) is -0.993. The average molecular weight is 365 g/mol. The molecule has 138 valence electrons. The van der Waals surface area contributed by atoms with Gasteiger partial charge in [-0.15, -0.1) is 0 Å². The van der Waals surface area contributed by atoms with Gasteiger partial charge in [0.05, 0.1) is 10.5 Å². The number of benzene rings is 2. The van der Waals surface area contributed by atoms with Crippen molar-refractivity contribution in [1.29, 1.82) is 0 Å². The normalized spacial score (nSPS) is 14.0. The van der Waals surface area contributed by atoms with Crippen molar-refractivity contribution in [2.45, 2.75) is 32.3 Å². The van der Waals surface area contributed by atoms with Crippen LogP contribution in [-0.2, 0) is 22.4 Å². The number of para-hydroxylation sites is 1. The van der Waals surface area contributed by atoms with Crippen molar-refractivity contribution < 1.29 is 19.2 Å². The van der Waals surface area contributed by atoms with Crippen LogP contribution in [0, 0.1) is 10.1 Å². The van der Waals surface area contributed by atoms with Gasteiger partial charge in [0, 0.05) is 17.7 Å². The van der Waals surface area contributed by atoms with E-state index in [1.165, 1.54) is 36.3 Å². The molecule has 1 atom stereocenters. The number of hydrogen-bond acceptors (Lipinski definition) is 5. The number of rotatable bonds is 6. The first-order chi connectivity index (χ1) is 13.0. The highest BCUT2D eigenvalue weighted by Gasteiger charge is 2.21. The molecule has 3 rings (SSSR count). The second-order valence-corrected chi connectivity index (χ2v) is 6.43. The van der Waals surface area contributed by atoms with Crippen LogP contribution in [0.25, 0.3) is 6.08 Å². The molecule has 0 fully saturated rings. The summed E-state index contributed by atoms with van der Waals surface area (Å²) in [6.07, 6.45) is 4.55. The lowest BCUT2D eigenvalue weighted by Crippen LogP contribution is -2.23. The summed E-state index contributed by atoms with van der Waals surface area (Å²) in [6.45, 7) is 1.52. The first-order valence-electron chi connectivity index (χ1n) is 8.74. The summed E-state index contributed by atoms with van der Waals surface area (Å²) in [6, 6.07) is 11.7. The maximum atomic E-state index is 12.5. The van der Waals surface area contributed by atoms with E-state index in [0.717, 1.165) is 25.3 Å². The minimum atomic E-state index is -0.938. The summed E-state index contributed by atoms with van der Waals surface area (Å²) < 4.78 is 5.16. The molecule has 27 heavy (non-hydrogen) atoms. The molecule has 0 spiro atoms. The molecule has 0 saturated heterocycles. The number of carbonyl (C=O) groups is 2. The fourth-order valence-corrected chi connectivity index (χ4v) is 3.18. The number of aryl methyl sites for hydroxylation is 2. The van der Waals surface area contributed by atoms with Crippen LogP contribution in [0.5, 0.6) is 0 Å². The molecule has 1 aliphatic rings. The topological polar surface area (TPSA) is 86.5 Å². The summed E-state index contributed by atoms with van der Waals surface area (Å²) >= 11 is 0. The van der Waals surface area contributed by atoms with Crippen LogP contribution in [0.2, 0.25) is 0 Å². The van der Waals surface area contributed by atoms with Crippen LogP contribution >= 0.6 is 0 Å². The van der Waals surface area contributed by atoms with E-state index < -0.39 is 17.0 Å². The Morgan fingerprint density at radius 1 is 1.15 bits per heavy atom. The number of Topliss-reactive ketones (excluding diaryl/α,β-unsaturated/α-hetero) is 1. The van der Waals surface area contributed by atoms with E-state index in [1.807, 2.05) is 12.1 Å². The Bertz CT molecular complexity index is 932. The van der Waals surface area contributed by atoms with Crippen LogP contribution in [0.1, 0.15) is 40.4 Å². The Labute approximate surface area is 156 Å². The van der Waals surface area contributed by atoms with Gasteiger partial charge in [-0.1, -0.05) is 24.3 Å². The van der Waals surface area contributed by atoms with Gasteiger partial charge in [0.25, 0.3) is 5.69 Å². The molecule has 6 heteroatoms. The highest BCUT2D eigenvalue weighted by atomic mass is 16.6. The Morgan fingerprint density at radius 2 is 1.89 bits per heavy atom. The minimum Gasteiger partial charge on any atom is -0.451 e. The minimum absolute atomic E-state index is 0.108. The van der Waals surface area contributed by atoms with Crippen LogP contribution in [0.3, 0.4) is 0 Å². The molecule has 0 bridgehead atoms. The Balaban J connectivity index is 1.65. The number of nitrogens with zero attached hydrogens (tertiary/aromatic N) is 1. The van der Waals surface area contributed by atoms with Gasteiger partial charge in [0.2, 0.25) is 5.78 Å². The summed E-state index contributed by atoms with van der Waals surface area (Å²) in [5.41, 5.74) is 3.15. The van der Waals surface area contributed by atoms with Crippen molar-refractivity contribution >= 4 is 23.5 Å². The molecular weight excluding hydrogens is 346 g/mol. The number of carbonyl (C=O) groups excluding carboxylic acids is 2. The number of hydrogen-bond donors (Lipinski definition) is 0. The summed E-state index contributed by atoms with van der Waals surface area (Å²) in [4.78, 5) is 35.0. The van der Waals surface area contributed by atoms with Gasteiger partial charge >= 0.3 is 5.97 Å². The Morgan fingerprint density at radius 3 is 2.67 bits per heavy atom. The Kier molecular flexibility index (Phi) is 5.45. The quantitative estimate of drug-likeness (QED) is 0.255. The lowest BCUT2D eigenvalue weighted by Gasteiger charge is -2.12. The van der Waals surface area contributed by atoms with Crippen LogP contribution in [-0.4, -0.2) is 22.8 Å². The van der Waals surface area contributed by atoms with E-state index >= 15 is 0 Å².